The van der Waals surface area contributed by atoms with Crippen LogP contribution in [0.1, 0.15) is 19.3 Å². The van der Waals surface area contributed by atoms with Gasteiger partial charge in [-0.1, -0.05) is 0 Å². The van der Waals surface area contributed by atoms with E-state index >= 15 is 0 Å². The fourth-order valence-electron chi connectivity index (χ4n) is 2.35. The summed E-state index contributed by atoms with van der Waals surface area (Å²) in [6, 6.07) is 2.01. The average Bonchev–Trinajstić information content (AvgIpc) is 2.48. The van der Waals surface area contributed by atoms with Gasteiger partial charge in [0.1, 0.15) is 0 Å². The van der Waals surface area contributed by atoms with Crippen LogP contribution in [-0.4, -0.2) is 38.6 Å². The van der Waals surface area contributed by atoms with E-state index < -0.39 is 27.8 Å². The normalized spacial score (nSPS) is 18.4. The van der Waals surface area contributed by atoms with Gasteiger partial charge < -0.3 is 10.1 Å². The lowest BCUT2D eigenvalue weighted by Crippen LogP contribution is -2.30. The molecule has 1 aromatic heterocycles. The van der Waals surface area contributed by atoms with E-state index in [4.69, 9.17) is 0 Å². The number of rotatable bonds is 6. The molecular formula is C13H17F3N2O3S. The first kappa shape index (κ1) is 17.0. The van der Waals surface area contributed by atoms with Gasteiger partial charge in [-0.3, -0.25) is 0 Å². The molecule has 0 aromatic carbocycles. The third-order valence-electron chi connectivity index (χ3n) is 3.56. The monoisotopic (exact) mass is 338 g/mol. The van der Waals surface area contributed by atoms with Gasteiger partial charge in [0.05, 0.1) is 4.90 Å². The van der Waals surface area contributed by atoms with E-state index in [1.54, 1.807) is 0 Å². The largest absolute Gasteiger partial charge is 0.417 e. The van der Waals surface area contributed by atoms with E-state index in [-0.39, 0.29) is 17.2 Å². The van der Waals surface area contributed by atoms with Crippen LogP contribution in [0.4, 0.5) is 13.2 Å². The van der Waals surface area contributed by atoms with Gasteiger partial charge in [-0.2, -0.15) is 8.78 Å². The SMILES string of the molecule is O=S(=O)(c1ccc(OC(F)F)nc1)C(F)CC1CCNCC1. The minimum atomic E-state index is -4.18. The Hall–Kier alpha value is -1.35. The molecule has 2 heterocycles. The fraction of sp³-hybridized carbons (Fsp3) is 0.615. The van der Waals surface area contributed by atoms with Crippen LogP contribution in [0.2, 0.25) is 0 Å². The Morgan fingerprint density at radius 1 is 1.27 bits per heavy atom. The molecule has 1 unspecified atom stereocenters. The van der Waals surface area contributed by atoms with Gasteiger partial charge in [-0.15, -0.1) is 0 Å². The third-order valence-corrected chi connectivity index (χ3v) is 5.33. The Bertz CT molecular complexity index is 575. The summed E-state index contributed by atoms with van der Waals surface area (Å²) in [5, 5.41) is 3.12. The highest BCUT2D eigenvalue weighted by molar-refractivity contribution is 7.91. The second-order valence-corrected chi connectivity index (χ2v) is 7.17. The lowest BCUT2D eigenvalue weighted by atomic mass is 9.95. The Balaban J connectivity index is 2.04. The van der Waals surface area contributed by atoms with Gasteiger partial charge >= 0.3 is 6.61 Å². The van der Waals surface area contributed by atoms with Crippen LogP contribution in [0.3, 0.4) is 0 Å². The lowest BCUT2D eigenvalue weighted by molar-refractivity contribution is -0.0529. The summed E-state index contributed by atoms with van der Waals surface area (Å²) in [7, 11) is -4.18. The van der Waals surface area contributed by atoms with Crippen molar-refractivity contribution in [3.8, 4) is 5.88 Å². The van der Waals surface area contributed by atoms with E-state index in [1.165, 1.54) is 0 Å². The summed E-state index contributed by atoms with van der Waals surface area (Å²) in [6.45, 7) is -1.55. The summed E-state index contributed by atoms with van der Waals surface area (Å²) in [4.78, 5) is 3.12. The molecule has 1 aliphatic rings. The zero-order chi connectivity index (χ0) is 16.2. The molecule has 0 radical (unpaired) electrons. The Morgan fingerprint density at radius 2 is 1.95 bits per heavy atom. The van der Waals surface area contributed by atoms with E-state index in [0.717, 1.165) is 44.3 Å². The molecule has 22 heavy (non-hydrogen) atoms. The topological polar surface area (TPSA) is 68.3 Å². The van der Waals surface area contributed by atoms with Crippen molar-refractivity contribution in [1.82, 2.24) is 10.3 Å². The Kier molecular flexibility index (Phi) is 5.63. The second kappa shape index (κ2) is 7.28. The van der Waals surface area contributed by atoms with Gasteiger partial charge in [-0.05, 0) is 44.3 Å². The van der Waals surface area contributed by atoms with Crippen LogP contribution in [0, 0.1) is 5.92 Å². The van der Waals surface area contributed by atoms with Crippen LogP contribution in [0.5, 0.6) is 5.88 Å². The summed E-state index contributed by atoms with van der Waals surface area (Å²) >= 11 is 0. The number of aromatic nitrogens is 1. The first-order chi connectivity index (χ1) is 10.4. The quantitative estimate of drug-likeness (QED) is 0.861. The van der Waals surface area contributed by atoms with E-state index in [2.05, 4.69) is 15.0 Å². The third kappa shape index (κ3) is 4.33. The number of ether oxygens (including phenoxy) is 1. The summed E-state index contributed by atoms with van der Waals surface area (Å²) < 4.78 is 66.4. The number of piperidine rings is 1. The molecule has 0 saturated carbocycles. The van der Waals surface area contributed by atoms with Crippen molar-refractivity contribution in [1.29, 1.82) is 0 Å². The summed E-state index contributed by atoms with van der Waals surface area (Å²) in [6.07, 6.45) is 2.23. The first-order valence-electron chi connectivity index (χ1n) is 6.89. The maximum Gasteiger partial charge on any atom is 0.388 e. The summed E-state index contributed by atoms with van der Waals surface area (Å²) in [5.74, 6) is -0.400. The highest BCUT2D eigenvalue weighted by Gasteiger charge is 2.30. The number of nitrogens with zero attached hydrogens (tertiary/aromatic N) is 1. The van der Waals surface area contributed by atoms with Crippen molar-refractivity contribution in [2.24, 2.45) is 5.92 Å². The van der Waals surface area contributed by atoms with Crippen LogP contribution in [-0.2, 0) is 9.84 Å². The zero-order valence-corrected chi connectivity index (χ0v) is 12.5. The molecule has 124 valence electrons. The molecule has 0 bridgehead atoms. The highest BCUT2D eigenvalue weighted by atomic mass is 32.2. The van der Waals surface area contributed by atoms with Gasteiger partial charge in [0, 0.05) is 12.3 Å². The molecule has 1 aliphatic heterocycles. The van der Waals surface area contributed by atoms with Gasteiger partial charge in [0.2, 0.25) is 21.2 Å². The molecule has 1 N–H and O–H groups in total. The van der Waals surface area contributed by atoms with Gasteiger partial charge in [0.25, 0.3) is 0 Å². The van der Waals surface area contributed by atoms with Crippen molar-refractivity contribution in [3.63, 3.8) is 0 Å². The predicted octanol–water partition coefficient (Wildman–Crippen LogP) is 2.14. The Labute approximate surface area is 126 Å². The molecular weight excluding hydrogens is 321 g/mol. The molecule has 2 rings (SSSR count). The molecule has 1 fully saturated rings. The van der Waals surface area contributed by atoms with Crippen molar-refractivity contribution in [2.75, 3.05) is 13.1 Å². The van der Waals surface area contributed by atoms with Crippen molar-refractivity contribution >= 4 is 9.84 Å². The number of alkyl halides is 3. The number of nitrogens with one attached hydrogen (secondary N) is 1. The minimum Gasteiger partial charge on any atom is -0.417 e. The molecule has 1 aromatic rings. The maximum atomic E-state index is 14.2. The number of sulfone groups is 1. The van der Waals surface area contributed by atoms with Crippen LogP contribution in [0.25, 0.3) is 0 Å². The Morgan fingerprint density at radius 3 is 2.50 bits per heavy atom. The first-order valence-corrected chi connectivity index (χ1v) is 8.44. The van der Waals surface area contributed by atoms with Gasteiger partial charge in [0.15, 0.2) is 0 Å². The highest BCUT2D eigenvalue weighted by Crippen LogP contribution is 2.26. The van der Waals surface area contributed by atoms with Crippen molar-refractivity contribution in [3.05, 3.63) is 18.3 Å². The molecule has 1 atom stereocenters. The second-order valence-electron chi connectivity index (χ2n) is 5.09. The number of pyridine rings is 1. The lowest BCUT2D eigenvalue weighted by Gasteiger charge is -2.23. The van der Waals surface area contributed by atoms with E-state index in [9.17, 15) is 21.6 Å². The van der Waals surface area contributed by atoms with Gasteiger partial charge in [-0.25, -0.2) is 17.8 Å². The van der Waals surface area contributed by atoms with E-state index in [0.29, 0.717) is 0 Å². The average molecular weight is 338 g/mol. The smallest absolute Gasteiger partial charge is 0.388 e. The molecule has 9 heteroatoms. The van der Waals surface area contributed by atoms with Crippen LogP contribution < -0.4 is 10.1 Å². The molecule has 0 amide bonds. The number of hydrogen-bond donors (Lipinski definition) is 1. The number of hydrogen-bond acceptors (Lipinski definition) is 5. The van der Waals surface area contributed by atoms with Crippen LogP contribution in [0.15, 0.2) is 23.2 Å². The van der Waals surface area contributed by atoms with Crippen LogP contribution >= 0.6 is 0 Å². The summed E-state index contributed by atoms with van der Waals surface area (Å²) in [5.41, 5.74) is -2.03. The van der Waals surface area contributed by atoms with Crippen molar-refractivity contribution < 1.29 is 26.3 Å². The standard InChI is InChI=1S/C13H17F3N2O3S/c14-11(7-9-3-5-17-6-4-9)22(19,20)10-1-2-12(18-8-10)21-13(15)16/h1-2,8-9,11,13,17H,3-7H2. The maximum absolute atomic E-state index is 14.2. The molecule has 0 aliphatic carbocycles. The fourth-order valence-corrected chi connectivity index (χ4v) is 3.63. The van der Waals surface area contributed by atoms with Crippen molar-refractivity contribution in [2.45, 2.75) is 36.3 Å². The number of halogens is 3. The molecule has 1 saturated heterocycles. The predicted molar refractivity (Wildman–Crippen MR) is 73.2 cm³/mol. The molecule has 5 nitrogen and oxygen atoms in total. The minimum absolute atomic E-state index is 0.0143. The zero-order valence-electron chi connectivity index (χ0n) is 11.7. The van der Waals surface area contributed by atoms with E-state index in [1.807, 2.05) is 0 Å². The molecule has 0 spiro atoms.